The van der Waals surface area contributed by atoms with Crippen molar-refractivity contribution in [1.82, 2.24) is 5.32 Å². The van der Waals surface area contributed by atoms with Crippen molar-refractivity contribution in [2.45, 2.75) is 12.7 Å². The second-order valence-corrected chi connectivity index (χ2v) is 4.28. The van der Waals surface area contributed by atoms with E-state index in [0.29, 0.717) is 11.5 Å². The van der Waals surface area contributed by atoms with Crippen LogP contribution >= 0.6 is 0 Å². The number of alkyl halides is 3. The molecule has 2 nitrogen and oxygen atoms in total. The number of hydrogen-bond acceptors (Lipinski definition) is 2. The minimum Gasteiger partial charge on any atom is -0.457 e. The summed E-state index contributed by atoms with van der Waals surface area (Å²) < 4.78 is 41.7. The molecule has 0 fully saturated rings. The van der Waals surface area contributed by atoms with E-state index in [-0.39, 0.29) is 6.54 Å². The summed E-state index contributed by atoms with van der Waals surface area (Å²) in [5, 5.41) is 2.35. The zero-order valence-electron chi connectivity index (χ0n) is 10.7. The first kappa shape index (κ1) is 14.4. The molecule has 2 aromatic carbocycles. The van der Waals surface area contributed by atoms with Gasteiger partial charge in [0.1, 0.15) is 11.5 Å². The molecule has 106 valence electrons. The Kier molecular flexibility index (Phi) is 4.63. The van der Waals surface area contributed by atoms with Crippen LogP contribution < -0.4 is 10.1 Å². The molecule has 0 unspecified atom stereocenters. The fourth-order valence-electron chi connectivity index (χ4n) is 1.69. The van der Waals surface area contributed by atoms with Crippen LogP contribution in [0.2, 0.25) is 0 Å². The molecule has 0 aliphatic heterocycles. The lowest BCUT2D eigenvalue weighted by Gasteiger charge is -2.10. The second kappa shape index (κ2) is 6.43. The number of nitrogens with one attached hydrogen (secondary N) is 1. The SMILES string of the molecule is FC(F)(F)CNCc1cccc(Oc2ccccc2)c1. The van der Waals surface area contributed by atoms with Gasteiger partial charge in [0.05, 0.1) is 6.54 Å². The smallest absolute Gasteiger partial charge is 0.401 e. The number of benzene rings is 2. The molecule has 0 bridgehead atoms. The van der Waals surface area contributed by atoms with Crippen LogP contribution in [0.15, 0.2) is 54.6 Å². The van der Waals surface area contributed by atoms with Crippen LogP contribution in [0.1, 0.15) is 5.56 Å². The van der Waals surface area contributed by atoms with E-state index < -0.39 is 12.7 Å². The minimum atomic E-state index is -4.20. The normalized spacial score (nSPS) is 11.3. The van der Waals surface area contributed by atoms with Gasteiger partial charge < -0.3 is 10.1 Å². The molecule has 5 heteroatoms. The van der Waals surface area contributed by atoms with Crippen LogP contribution in [-0.4, -0.2) is 12.7 Å². The minimum absolute atomic E-state index is 0.144. The van der Waals surface area contributed by atoms with E-state index in [0.717, 1.165) is 5.56 Å². The average molecular weight is 281 g/mol. The van der Waals surface area contributed by atoms with Crippen molar-refractivity contribution in [3.63, 3.8) is 0 Å². The van der Waals surface area contributed by atoms with Gasteiger partial charge in [-0.05, 0) is 29.8 Å². The van der Waals surface area contributed by atoms with Crippen molar-refractivity contribution in [2.24, 2.45) is 0 Å². The second-order valence-electron chi connectivity index (χ2n) is 4.28. The highest BCUT2D eigenvalue weighted by Crippen LogP contribution is 2.22. The third-order valence-electron chi connectivity index (χ3n) is 2.53. The van der Waals surface area contributed by atoms with Crippen LogP contribution in [0.4, 0.5) is 13.2 Å². The van der Waals surface area contributed by atoms with Gasteiger partial charge in [0.2, 0.25) is 0 Å². The third kappa shape index (κ3) is 4.93. The number of hydrogen-bond donors (Lipinski definition) is 1. The van der Waals surface area contributed by atoms with Gasteiger partial charge in [0.25, 0.3) is 0 Å². The quantitative estimate of drug-likeness (QED) is 0.889. The lowest BCUT2D eigenvalue weighted by atomic mass is 10.2. The highest BCUT2D eigenvalue weighted by molar-refractivity contribution is 5.33. The molecule has 2 aromatic rings. The Morgan fingerprint density at radius 2 is 1.60 bits per heavy atom. The third-order valence-corrected chi connectivity index (χ3v) is 2.53. The number of ether oxygens (including phenoxy) is 1. The van der Waals surface area contributed by atoms with Gasteiger partial charge >= 0.3 is 6.18 Å². The van der Waals surface area contributed by atoms with Crippen molar-refractivity contribution in [1.29, 1.82) is 0 Å². The Labute approximate surface area is 115 Å². The Bertz CT molecular complexity index is 540. The maximum atomic E-state index is 12.0. The van der Waals surface area contributed by atoms with Crippen molar-refractivity contribution in [3.8, 4) is 11.5 Å². The molecule has 1 N–H and O–H groups in total. The molecule has 0 amide bonds. The summed E-state index contributed by atoms with van der Waals surface area (Å²) in [6.07, 6.45) is -4.20. The van der Waals surface area contributed by atoms with Gasteiger partial charge in [-0.15, -0.1) is 0 Å². The summed E-state index contributed by atoms with van der Waals surface area (Å²) in [6.45, 7) is -0.859. The van der Waals surface area contributed by atoms with E-state index >= 15 is 0 Å². The molecule has 0 atom stereocenters. The summed E-state index contributed by atoms with van der Waals surface area (Å²) in [4.78, 5) is 0. The van der Waals surface area contributed by atoms with Crippen molar-refractivity contribution in [2.75, 3.05) is 6.54 Å². The molecule has 0 aliphatic carbocycles. The molecule has 0 aliphatic rings. The van der Waals surface area contributed by atoms with E-state index in [1.165, 1.54) is 0 Å². The lowest BCUT2D eigenvalue weighted by Crippen LogP contribution is -2.28. The van der Waals surface area contributed by atoms with Crippen molar-refractivity contribution < 1.29 is 17.9 Å². The van der Waals surface area contributed by atoms with Crippen LogP contribution in [0.5, 0.6) is 11.5 Å². The number of rotatable bonds is 5. The molecular weight excluding hydrogens is 267 g/mol. The lowest BCUT2D eigenvalue weighted by molar-refractivity contribution is -0.125. The summed E-state index contributed by atoms with van der Waals surface area (Å²) in [5.41, 5.74) is 0.739. The van der Waals surface area contributed by atoms with Gasteiger partial charge in [-0.2, -0.15) is 13.2 Å². The van der Waals surface area contributed by atoms with Crippen LogP contribution in [0.3, 0.4) is 0 Å². The molecule has 20 heavy (non-hydrogen) atoms. The summed E-state index contributed by atoms with van der Waals surface area (Å²) in [5.74, 6) is 1.29. The highest BCUT2D eigenvalue weighted by Gasteiger charge is 2.25. The van der Waals surface area contributed by atoms with E-state index in [2.05, 4.69) is 5.32 Å². The van der Waals surface area contributed by atoms with Crippen molar-refractivity contribution >= 4 is 0 Å². The Balaban J connectivity index is 1.94. The molecule has 0 radical (unpaired) electrons. The zero-order valence-corrected chi connectivity index (χ0v) is 10.7. The van der Waals surface area contributed by atoms with Crippen LogP contribution in [-0.2, 0) is 6.54 Å². The highest BCUT2D eigenvalue weighted by atomic mass is 19.4. The van der Waals surface area contributed by atoms with Crippen molar-refractivity contribution in [3.05, 3.63) is 60.2 Å². The first-order valence-corrected chi connectivity index (χ1v) is 6.12. The Morgan fingerprint density at radius 1 is 0.900 bits per heavy atom. The molecule has 0 aromatic heterocycles. The standard InChI is InChI=1S/C15H14F3NO/c16-15(17,18)11-19-10-12-5-4-8-14(9-12)20-13-6-2-1-3-7-13/h1-9,19H,10-11H2. The topological polar surface area (TPSA) is 21.3 Å². The van der Waals surface area contributed by atoms with E-state index in [9.17, 15) is 13.2 Å². The van der Waals surface area contributed by atoms with E-state index in [4.69, 9.17) is 4.74 Å². The fourth-order valence-corrected chi connectivity index (χ4v) is 1.69. The average Bonchev–Trinajstić information content (AvgIpc) is 2.39. The fraction of sp³-hybridized carbons (Fsp3) is 0.200. The number of para-hydroxylation sites is 1. The predicted molar refractivity (Wildman–Crippen MR) is 70.7 cm³/mol. The molecular formula is C15H14F3NO. The zero-order chi connectivity index (χ0) is 14.4. The largest absolute Gasteiger partial charge is 0.457 e. The Morgan fingerprint density at radius 3 is 2.30 bits per heavy atom. The summed E-state index contributed by atoms with van der Waals surface area (Å²) >= 11 is 0. The van der Waals surface area contributed by atoms with Crippen LogP contribution in [0.25, 0.3) is 0 Å². The molecule has 0 heterocycles. The van der Waals surface area contributed by atoms with E-state index in [1.807, 2.05) is 30.3 Å². The van der Waals surface area contributed by atoms with E-state index in [1.54, 1.807) is 24.3 Å². The van der Waals surface area contributed by atoms with Gasteiger partial charge in [-0.25, -0.2) is 0 Å². The maximum absolute atomic E-state index is 12.0. The van der Waals surface area contributed by atoms with Gasteiger partial charge in [0.15, 0.2) is 0 Å². The molecule has 0 saturated heterocycles. The predicted octanol–water partition coefficient (Wildman–Crippen LogP) is 4.13. The maximum Gasteiger partial charge on any atom is 0.401 e. The monoisotopic (exact) mass is 281 g/mol. The Hall–Kier alpha value is -2.01. The van der Waals surface area contributed by atoms with Gasteiger partial charge in [-0.3, -0.25) is 0 Å². The molecule has 2 rings (SSSR count). The molecule has 0 spiro atoms. The molecule has 0 saturated carbocycles. The van der Waals surface area contributed by atoms with Crippen LogP contribution in [0, 0.1) is 0 Å². The van der Waals surface area contributed by atoms with Gasteiger partial charge in [0, 0.05) is 6.54 Å². The van der Waals surface area contributed by atoms with Gasteiger partial charge in [-0.1, -0.05) is 30.3 Å². The first-order valence-electron chi connectivity index (χ1n) is 6.12. The summed E-state index contributed by atoms with van der Waals surface area (Å²) in [6, 6.07) is 16.2. The first-order chi connectivity index (χ1) is 9.53. The summed E-state index contributed by atoms with van der Waals surface area (Å²) in [7, 11) is 0. The number of halogens is 3.